The van der Waals surface area contributed by atoms with Crippen molar-refractivity contribution < 1.29 is 18.3 Å². The van der Waals surface area contributed by atoms with Crippen molar-refractivity contribution in [3.05, 3.63) is 18.0 Å². The third-order valence-electron chi connectivity index (χ3n) is 2.22. The molecule has 1 heterocycles. The molecular formula is C9H14N2O4S. The van der Waals surface area contributed by atoms with Crippen molar-refractivity contribution in [2.75, 3.05) is 11.5 Å². The molecule has 7 heteroatoms. The average molecular weight is 246 g/mol. The standard InChI is InChI=1S/C9H14N2O4S/c1-11-8(2-5-10-11)3-6-16(14,15)7-4-9(12)13/h2,5H,3-4,6-7H2,1H3,(H,12,13). The highest BCUT2D eigenvalue weighted by Crippen LogP contribution is 2.02. The molecule has 0 atom stereocenters. The van der Waals surface area contributed by atoms with Gasteiger partial charge >= 0.3 is 5.97 Å². The van der Waals surface area contributed by atoms with Crippen LogP contribution in [0.3, 0.4) is 0 Å². The SMILES string of the molecule is Cn1nccc1CCS(=O)(=O)CCC(=O)O. The Hall–Kier alpha value is -1.37. The van der Waals surface area contributed by atoms with Crippen molar-refractivity contribution in [2.45, 2.75) is 12.8 Å². The van der Waals surface area contributed by atoms with Crippen LogP contribution in [0.4, 0.5) is 0 Å². The van der Waals surface area contributed by atoms with Crippen molar-refractivity contribution >= 4 is 15.8 Å². The fraction of sp³-hybridized carbons (Fsp3) is 0.556. The van der Waals surface area contributed by atoms with E-state index in [1.165, 1.54) is 0 Å². The predicted molar refractivity (Wildman–Crippen MR) is 57.8 cm³/mol. The van der Waals surface area contributed by atoms with Crippen LogP contribution in [0.15, 0.2) is 12.3 Å². The first kappa shape index (κ1) is 12.7. The molecule has 16 heavy (non-hydrogen) atoms. The summed E-state index contributed by atoms with van der Waals surface area (Å²) in [5.74, 6) is -1.44. The van der Waals surface area contributed by atoms with Crippen LogP contribution in [-0.4, -0.2) is 40.8 Å². The highest BCUT2D eigenvalue weighted by molar-refractivity contribution is 7.91. The van der Waals surface area contributed by atoms with Gasteiger partial charge in [0.1, 0.15) is 0 Å². The number of carboxylic acids is 1. The molecule has 0 aliphatic carbocycles. The maximum atomic E-state index is 11.4. The van der Waals surface area contributed by atoms with Gasteiger partial charge in [-0.25, -0.2) is 8.42 Å². The highest BCUT2D eigenvalue weighted by Gasteiger charge is 2.14. The molecule has 0 aliphatic rings. The Kier molecular flexibility index (Phi) is 4.05. The van der Waals surface area contributed by atoms with Crippen molar-refractivity contribution in [3.8, 4) is 0 Å². The molecule has 0 unspecified atom stereocenters. The molecule has 0 radical (unpaired) electrons. The summed E-state index contributed by atoms with van der Waals surface area (Å²) in [6.07, 6.45) is 1.62. The molecule has 0 aromatic carbocycles. The lowest BCUT2D eigenvalue weighted by molar-refractivity contribution is -0.136. The second kappa shape index (κ2) is 5.11. The second-order valence-corrected chi connectivity index (χ2v) is 5.80. The number of hydrogen-bond donors (Lipinski definition) is 1. The van der Waals surface area contributed by atoms with E-state index in [-0.39, 0.29) is 17.9 Å². The van der Waals surface area contributed by atoms with Crippen molar-refractivity contribution in [1.82, 2.24) is 9.78 Å². The Balaban J connectivity index is 2.48. The molecule has 90 valence electrons. The number of nitrogens with zero attached hydrogens (tertiary/aromatic N) is 2. The Morgan fingerprint density at radius 3 is 2.69 bits per heavy atom. The first-order valence-electron chi connectivity index (χ1n) is 4.80. The average Bonchev–Trinajstić information content (AvgIpc) is 2.59. The number of sulfone groups is 1. The third kappa shape index (κ3) is 4.01. The van der Waals surface area contributed by atoms with E-state index in [2.05, 4.69) is 5.10 Å². The van der Waals surface area contributed by atoms with Gasteiger partial charge in [0, 0.05) is 25.4 Å². The molecular weight excluding hydrogens is 232 g/mol. The summed E-state index contributed by atoms with van der Waals surface area (Å²) >= 11 is 0. The molecule has 0 amide bonds. The Bertz CT molecular complexity index is 464. The van der Waals surface area contributed by atoms with Crippen LogP contribution < -0.4 is 0 Å². The summed E-state index contributed by atoms with van der Waals surface area (Å²) < 4.78 is 24.5. The summed E-state index contributed by atoms with van der Waals surface area (Å²) in [4.78, 5) is 10.3. The van der Waals surface area contributed by atoms with E-state index < -0.39 is 15.8 Å². The number of carboxylic acid groups (broad SMARTS) is 1. The molecule has 1 rings (SSSR count). The van der Waals surface area contributed by atoms with Crippen LogP contribution in [-0.2, 0) is 28.1 Å². The van der Waals surface area contributed by atoms with Gasteiger partial charge in [-0.15, -0.1) is 0 Å². The zero-order chi connectivity index (χ0) is 12.2. The number of aryl methyl sites for hydroxylation is 2. The molecule has 0 saturated carbocycles. The molecule has 0 fully saturated rings. The van der Waals surface area contributed by atoms with Gasteiger partial charge in [0.15, 0.2) is 9.84 Å². The van der Waals surface area contributed by atoms with Crippen LogP contribution in [0.1, 0.15) is 12.1 Å². The lowest BCUT2D eigenvalue weighted by Gasteiger charge is -2.03. The molecule has 0 saturated heterocycles. The van der Waals surface area contributed by atoms with Crippen molar-refractivity contribution in [3.63, 3.8) is 0 Å². The first-order chi connectivity index (χ1) is 7.41. The van der Waals surface area contributed by atoms with Gasteiger partial charge in [-0.2, -0.15) is 5.10 Å². The zero-order valence-corrected chi connectivity index (χ0v) is 9.77. The molecule has 1 N–H and O–H groups in total. The number of aromatic nitrogens is 2. The van der Waals surface area contributed by atoms with Crippen LogP contribution in [0, 0.1) is 0 Å². The van der Waals surface area contributed by atoms with E-state index in [0.717, 1.165) is 5.69 Å². The van der Waals surface area contributed by atoms with E-state index in [4.69, 9.17) is 5.11 Å². The summed E-state index contributed by atoms with van der Waals surface area (Å²) in [6, 6.07) is 1.74. The van der Waals surface area contributed by atoms with Crippen molar-refractivity contribution in [1.29, 1.82) is 0 Å². The van der Waals surface area contributed by atoms with Crippen LogP contribution in [0.25, 0.3) is 0 Å². The van der Waals surface area contributed by atoms with E-state index >= 15 is 0 Å². The Morgan fingerprint density at radius 1 is 1.50 bits per heavy atom. The molecule has 6 nitrogen and oxygen atoms in total. The highest BCUT2D eigenvalue weighted by atomic mass is 32.2. The van der Waals surface area contributed by atoms with Crippen LogP contribution in [0.5, 0.6) is 0 Å². The first-order valence-corrected chi connectivity index (χ1v) is 6.62. The Labute approximate surface area is 93.8 Å². The van der Waals surface area contributed by atoms with Gasteiger partial charge in [-0.1, -0.05) is 0 Å². The second-order valence-electron chi connectivity index (χ2n) is 3.49. The number of hydrogen-bond acceptors (Lipinski definition) is 4. The zero-order valence-electron chi connectivity index (χ0n) is 8.96. The summed E-state index contributed by atoms with van der Waals surface area (Å²) in [5, 5.41) is 12.3. The van der Waals surface area contributed by atoms with E-state index in [9.17, 15) is 13.2 Å². The fourth-order valence-electron chi connectivity index (χ4n) is 1.25. The third-order valence-corrected chi connectivity index (χ3v) is 3.87. The summed E-state index contributed by atoms with van der Waals surface area (Å²) in [7, 11) is -1.56. The monoisotopic (exact) mass is 246 g/mol. The number of carbonyl (C=O) groups is 1. The molecule has 0 spiro atoms. The van der Waals surface area contributed by atoms with Crippen LogP contribution in [0.2, 0.25) is 0 Å². The smallest absolute Gasteiger partial charge is 0.304 e. The molecule has 0 aliphatic heterocycles. The normalized spacial score (nSPS) is 11.6. The molecule has 1 aromatic rings. The van der Waals surface area contributed by atoms with Crippen LogP contribution >= 0.6 is 0 Å². The van der Waals surface area contributed by atoms with Crippen molar-refractivity contribution in [2.24, 2.45) is 7.05 Å². The number of aliphatic carboxylic acids is 1. The largest absolute Gasteiger partial charge is 0.481 e. The molecule has 1 aromatic heterocycles. The van der Waals surface area contributed by atoms with E-state index in [0.29, 0.717) is 6.42 Å². The van der Waals surface area contributed by atoms with E-state index in [1.54, 1.807) is 24.0 Å². The summed E-state index contributed by atoms with van der Waals surface area (Å²) in [6.45, 7) is 0. The fourth-order valence-corrected chi connectivity index (χ4v) is 2.46. The van der Waals surface area contributed by atoms with Gasteiger partial charge in [0.25, 0.3) is 0 Å². The van der Waals surface area contributed by atoms with Gasteiger partial charge in [0.05, 0.1) is 17.9 Å². The molecule has 0 bridgehead atoms. The lowest BCUT2D eigenvalue weighted by atomic mass is 10.3. The minimum absolute atomic E-state index is 0.0419. The maximum Gasteiger partial charge on any atom is 0.304 e. The number of rotatable bonds is 6. The quantitative estimate of drug-likeness (QED) is 0.754. The predicted octanol–water partition coefficient (Wildman–Crippen LogP) is -0.148. The van der Waals surface area contributed by atoms with Gasteiger partial charge in [0.2, 0.25) is 0 Å². The summed E-state index contributed by atoms with van der Waals surface area (Å²) in [5.41, 5.74) is 0.818. The topological polar surface area (TPSA) is 89.3 Å². The lowest BCUT2D eigenvalue weighted by Crippen LogP contribution is -2.16. The van der Waals surface area contributed by atoms with E-state index in [1.807, 2.05) is 0 Å². The maximum absolute atomic E-state index is 11.4. The van der Waals surface area contributed by atoms with Gasteiger partial charge in [-0.05, 0) is 6.07 Å². The minimum atomic E-state index is -3.29. The Morgan fingerprint density at radius 2 is 2.19 bits per heavy atom. The van der Waals surface area contributed by atoms with Gasteiger partial charge < -0.3 is 5.11 Å². The van der Waals surface area contributed by atoms with Gasteiger partial charge in [-0.3, -0.25) is 9.48 Å². The minimum Gasteiger partial charge on any atom is -0.481 e.